The van der Waals surface area contributed by atoms with Crippen molar-refractivity contribution in [3.05, 3.63) is 153 Å². The molecule has 46 heavy (non-hydrogen) atoms. The Bertz CT molecular complexity index is 2150. The van der Waals surface area contributed by atoms with Crippen molar-refractivity contribution in [1.82, 2.24) is 9.97 Å². The number of rotatable bonds is 8. The van der Waals surface area contributed by atoms with E-state index in [4.69, 9.17) is 9.97 Å². The second-order valence-corrected chi connectivity index (χ2v) is 10.0. The highest BCUT2D eigenvalue weighted by atomic mass is 16.6. The molecule has 224 valence electrons. The maximum atomic E-state index is 12.8. The molecule has 5 aromatic carbocycles. The molecule has 0 aliphatic carbocycles. The van der Waals surface area contributed by atoms with Gasteiger partial charge < -0.3 is 10.6 Å². The zero-order chi connectivity index (χ0) is 32.2. The van der Waals surface area contributed by atoms with Crippen molar-refractivity contribution in [2.75, 3.05) is 10.6 Å². The predicted molar refractivity (Wildman–Crippen MR) is 173 cm³/mol. The lowest BCUT2D eigenvalue weighted by Gasteiger charge is -2.11. The number of anilines is 2. The Hall–Kier alpha value is -6.82. The number of nitrogens with zero attached hydrogens (tertiary/aromatic N) is 4. The van der Waals surface area contributed by atoms with Gasteiger partial charge in [0, 0.05) is 40.0 Å². The van der Waals surface area contributed by atoms with Gasteiger partial charge >= 0.3 is 0 Å². The Kier molecular flexibility index (Phi) is 7.90. The average Bonchev–Trinajstić information content (AvgIpc) is 3.08. The molecule has 0 fully saturated rings. The first-order chi connectivity index (χ1) is 22.3. The molecule has 2 amide bonds. The van der Waals surface area contributed by atoms with Crippen molar-refractivity contribution < 1.29 is 19.4 Å². The van der Waals surface area contributed by atoms with E-state index in [0.717, 1.165) is 10.9 Å². The van der Waals surface area contributed by atoms with Crippen LogP contribution in [-0.4, -0.2) is 31.6 Å². The lowest BCUT2D eigenvalue weighted by atomic mass is 10.0. The van der Waals surface area contributed by atoms with Gasteiger partial charge in [0.2, 0.25) is 0 Å². The van der Waals surface area contributed by atoms with E-state index in [9.17, 15) is 29.8 Å². The third kappa shape index (κ3) is 5.98. The molecule has 0 radical (unpaired) electrons. The van der Waals surface area contributed by atoms with Gasteiger partial charge in [0.15, 0.2) is 5.82 Å². The van der Waals surface area contributed by atoms with Gasteiger partial charge in [-0.1, -0.05) is 54.6 Å². The summed E-state index contributed by atoms with van der Waals surface area (Å²) in [7, 11) is 0. The molecule has 0 aliphatic rings. The average molecular weight is 611 g/mol. The number of fused-ring (bicyclic) bond motifs is 1. The van der Waals surface area contributed by atoms with Gasteiger partial charge in [-0.25, -0.2) is 9.97 Å². The standard InChI is InChI=1S/C34H22N6O6/c41-33(26-8-2-5-11-29(26)39(43)44)35-23-17-13-21(14-18-23)31-25-7-1-4-10-28(25)37-32(38-31)22-15-19-24(20-16-22)36-34(42)27-9-3-6-12-30(27)40(45)46/h1-20H,(H,35,41)(H,36,42). The summed E-state index contributed by atoms with van der Waals surface area (Å²) in [5.74, 6) is -0.776. The summed E-state index contributed by atoms with van der Waals surface area (Å²) < 4.78 is 0. The molecule has 0 atom stereocenters. The molecule has 6 aromatic rings. The fourth-order valence-corrected chi connectivity index (χ4v) is 4.89. The molecule has 12 heteroatoms. The number of benzene rings is 5. The second kappa shape index (κ2) is 12.4. The van der Waals surface area contributed by atoms with E-state index in [2.05, 4.69) is 10.6 Å². The number of nitro groups is 2. The maximum absolute atomic E-state index is 12.8. The van der Waals surface area contributed by atoms with Crippen LogP contribution in [0.25, 0.3) is 33.5 Å². The van der Waals surface area contributed by atoms with Gasteiger partial charge in [-0.2, -0.15) is 0 Å². The monoisotopic (exact) mass is 610 g/mol. The number of hydrogen-bond acceptors (Lipinski definition) is 8. The number of carbonyl (C=O) groups excluding carboxylic acids is 2. The molecule has 1 heterocycles. The van der Waals surface area contributed by atoms with Gasteiger partial charge in [-0.15, -0.1) is 0 Å². The summed E-state index contributed by atoms with van der Waals surface area (Å²) in [5, 5.41) is 28.9. The Balaban J connectivity index is 1.26. The molecule has 0 aliphatic heterocycles. The molecule has 0 saturated carbocycles. The van der Waals surface area contributed by atoms with Gasteiger partial charge in [0.25, 0.3) is 23.2 Å². The molecule has 6 rings (SSSR count). The van der Waals surface area contributed by atoms with Crippen LogP contribution in [0.15, 0.2) is 121 Å². The van der Waals surface area contributed by atoms with Crippen molar-refractivity contribution in [2.24, 2.45) is 0 Å². The number of para-hydroxylation sites is 3. The van der Waals surface area contributed by atoms with Gasteiger partial charge in [0.05, 0.1) is 21.1 Å². The van der Waals surface area contributed by atoms with E-state index in [0.29, 0.717) is 34.0 Å². The summed E-state index contributed by atoms with van der Waals surface area (Å²) in [6, 6.07) is 32.7. The van der Waals surface area contributed by atoms with E-state index in [1.807, 2.05) is 24.3 Å². The Morgan fingerprint density at radius 3 is 1.52 bits per heavy atom. The minimum absolute atomic E-state index is 0.0463. The van der Waals surface area contributed by atoms with Gasteiger partial charge in [0.1, 0.15) is 11.1 Å². The Morgan fingerprint density at radius 2 is 1.00 bits per heavy atom. The highest BCUT2D eigenvalue weighted by molar-refractivity contribution is 6.08. The summed E-state index contributed by atoms with van der Waals surface area (Å²) >= 11 is 0. The smallest absolute Gasteiger partial charge is 0.282 e. The van der Waals surface area contributed by atoms with E-state index in [-0.39, 0.29) is 22.5 Å². The molecular formula is C34H22N6O6. The van der Waals surface area contributed by atoms with Crippen LogP contribution >= 0.6 is 0 Å². The third-order valence-electron chi connectivity index (χ3n) is 7.11. The third-order valence-corrected chi connectivity index (χ3v) is 7.11. The van der Waals surface area contributed by atoms with Crippen molar-refractivity contribution in [2.45, 2.75) is 0 Å². The molecule has 0 unspecified atom stereocenters. The van der Waals surface area contributed by atoms with Crippen LogP contribution in [0.3, 0.4) is 0 Å². The predicted octanol–water partition coefficient (Wildman–Crippen LogP) is 7.28. The first kappa shape index (κ1) is 29.3. The first-order valence-electron chi connectivity index (χ1n) is 13.9. The van der Waals surface area contributed by atoms with Crippen molar-refractivity contribution >= 4 is 45.5 Å². The summed E-state index contributed by atoms with van der Waals surface area (Å²) in [6.45, 7) is 0. The molecule has 1 aromatic heterocycles. The minimum atomic E-state index is -0.606. The van der Waals surface area contributed by atoms with Crippen LogP contribution in [0.2, 0.25) is 0 Å². The quantitative estimate of drug-likeness (QED) is 0.134. The fourth-order valence-electron chi connectivity index (χ4n) is 4.89. The van der Waals surface area contributed by atoms with E-state index >= 15 is 0 Å². The van der Waals surface area contributed by atoms with Crippen molar-refractivity contribution in [1.29, 1.82) is 0 Å². The topological polar surface area (TPSA) is 170 Å². The summed E-state index contributed by atoms with van der Waals surface area (Å²) in [5.41, 5.74) is 2.98. The summed E-state index contributed by atoms with van der Waals surface area (Å²) in [6.07, 6.45) is 0. The fraction of sp³-hybridized carbons (Fsp3) is 0. The summed E-state index contributed by atoms with van der Waals surface area (Å²) in [4.78, 5) is 56.6. The van der Waals surface area contributed by atoms with Crippen molar-refractivity contribution in [3.63, 3.8) is 0 Å². The Labute approximate surface area is 260 Å². The SMILES string of the molecule is O=C(Nc1ccc(-c2nc(-c3ccc(NC(=O)c4ccccc4[N+](=O)[O-])cc3)c3ccccc3n2)cc1)c1ccccc1[N+](=O)[O-]. The number of amides is 2. The largest absolute Gasteiger partial charge is 0.322 e. The Morgan fingerprint density at radius 1 is 0.543 bits per heavy atom. The zero-order valence-electron chi connectivity index (χ0n) is 23.8. The zero-order valence-corrected chi connectivity index (χ0v) is 23.8. The normalized spacial score (nSPS) is 10.7. The van der Waals surface area contributed by atoms with Crippen LogP contribution < -0.4 is 10.6 Å². The number of nitrogens with one attached hydrogen (secondary N) is 2. The van der Waals surface area contributed by atoms with E-state index in [1.165, 1.54) is 36.4 Å². The van der Waals surface area contributed by atoms with E-state index in [1.54, 1.807) is 60.7 Å². The lowest BCUT2D eigenvalue weighted by Crippen LogP contribution is -2.13. The van der Waals surface area contributed by atoms with Crippen LogP contribution in [0.1, 0.15) is 20.7 Å². The number of nitro benzene ring substituents is 2. The molecule has 0 bridgehead atoms. The molecule has 0 saturated heterocycles. The lowest BCUT2D eigenvalue weighted by molar-refractivity contribution is -0.385. The maximum Gasteiger partial charge on any atom is 0.282 e. The van der Waals surface area contributed by atoms with Crippen molar-refractivity contribution in [3.8, 4) is 22.6 Å². The molecule has 12 nitrogen and oxygen atoms in total. The molecule has 0 spiro atoms. The highest BCUT2D eigenvalue weighted by Gasteiger charge is 2.21. The minimum Gasteiger partial charge on any atom is -0.322 e. The van der Waals surface area contributed by atoms with Crippen LogP contribution in [0.4, 0.5) is 22.7 Å². The number of aromatic nitrogens is 2. The number of carbonyl (C=O) groups is 2. The number of hydrogen-bond donors (Lipinski definition) is 2. The van der Waals surface area contributed by atoms with Gasteiger partial charge in [-0.05, 0) is 54.6 Å². The van der Waals surface area contributed by atoms with Crippen LogP contribution in [0, 0.1) is 20.2 Å². The molecule has 2 N–H and O–H groups in total. The highest BCUT2D eigenvalue weighted by Crippen LogP contribution is 2.31. The van der Waals surface area contributed by atoms with Crippen LogP contribution in [-0.2, 0) is 0 Å². The first-order valence-corrected chi connectivity index (χ1v) is 13.9. The molecular weight excluding hydrogens is 588 g/mol. The second-order valence-electron chi connectivity index (χ2n) is 10.0. The van der Waals surface area contributed by atoms with E-state index < -0.39 is 21.7 Å². The van der Waals surface area contributed by atoms with Gasteiger partial charge in [-0.3, -0.25) is 29.8 Å². The van der Waals surface area contributed by atoms with Crippen LogP contribution in [0.5, 0.6) is 0 Å².